The molecule has 1 aromatic rings. The Bertz CT molecular complexity index is 326. The van der Waals surface area contributed by atoms with Gasteiger partial charge in [0.25, 0.3) is 0 Å². The molecule has 0 aliphatic rings. The summed E-state index contributed by atoms with van der Waals surface area (Å²) in [6.45, 7) is 11.5. The van der Waals surface area contributed by atoms with Crippen LogP contribution in [0.5, 0.6) is 0 Å². The molecule has 0 fully saturated rings. The first-order chi connectivity index (χ1) is 7.37. The molecule has 0 spiro atoms. The molecule has 3 nitrogen and oxygen atoms in total. The molecule has 0 radical (unpaired) electrons. The molecular formula is C13H23N3. The van der Waals surface area contributed by atoms with Crippen LogP contribution in [0.1, 0.15) is 40.3 Å². The number of aromatic nitrogens is 1. The van der Waals surface area contributed by atoms with Crippen molar-refractivity contribution in [2.24, 2.45) is 0 Å². The molecule has 2 N–H and O–H groups in total. The molecule has 0 saturated heterocycles. The molecule has 90 valence electrons. The fourth-order valence-corrected chi connectivity index (χ4v) is 1.35. The first-order valence-electron chi connectivity index (χ1n) is 5.83. The highest BCUT2D eigenvalue weighted by Crippen LogP contribution is 2.10. The summed E-state index contributed by atoms with van der Waals surface area (Å²) in [4.78, 5) is 4.35. The quantitative estimate of drug-likeness (QED) is 0.821. The minimum atomic E-state index is 0.128. The number of hydrogen-bond donors (Lipinski definition) is 2. The molecule has 0 aliphatic heterocycles. The van der Waals surface area contributed by atoms with Gasteiger partial charge < -0.3 is 10.6 Å². The van der Waals surface area contributed by atoms with E-state index < -0.39 is 0 Å². The maximum Gasteiger partial charge on any atom is 0.0562 e. The van der Waals surface area contributed by atoms with Gasteiger partial charge in [-0.05, 0) is 46.8 Å². The van der Waals surface area contributed by atoms with E-state index in [0.29, 0.717) is 6.04 Å². The van der Waals surface area contributed by atoms with Crippen LogP contribution >= 0.6 is 0 Å². The van der Waals surface area contributed by atoms with Gasteiger partial charge in [0.1, 0.15) is 0 Å². The van der Waals surface area contributed by atoms with Gasteiger partial charge in [-0.25, -0.2) is 0 Å². The Morgan fingerprint density at radius 2 is 2.00 bits per heavy atom. The van der Waals surface area contributed by atoms with Crippen molar-refractivity contribution in [1.82, 2.24) is 10.3 Å². The van der Waals surface area contributed by atoms with E-state index in [-0.39, 0.29) is 5.54 Å². The third kappa shape index (κ3) is 5.12. The number of rotatable bonds is 4. The van der Waals surface area contributed by atoms with Gasteiger partial charge >= 0.3 is 0 Å². The fourth-order valence-electron chi connectivity index (χ4n) is 1.35. The van der Waals surface area contributed by atoms with E-state index in [0.717, 1.165) is 17.9 Å². The third-order valence-electron chi connectivity index (χ3n) is 2.07. The predicted octanol–water partition coefficient (Wildman–Crippen LogP) is 2.79. The molecule has 0 saturated carbocycles. The van der Waals surface area contributed by atoms with Gasteiger partial charge in [0, 0.05) is 30.0 Å². The van der Waals surface area contributed by atoms with Gasteiger partial charge in [0.05, 0.1) is 5.69 Å². The van der Waals surface area contributed by atoms with Crippen molar-refractivity contribution in [2.45, 2.75) is 52.7 Å². The Kier molecular flexibility index (Phi) is 4.30. The molecule has 0 atom stereocenters. The van der Waals surface area contributed by atoms with E-state index in [2.05, 4.69) is 56.3 Å². The van der Waals surface area contributed by atoms with Crippen molar-refractivity contribution in [3.8, 4) is 0 Å². The van der Waals surface area contributed by atoms with Gasteiger partial charge in [0.15, 0.2) is 0 Å². The second-order valence-electron chi connectivity index (χ2n) is 5.44. The van der Waals surface area contributed by atoms with Gasteiger partial charge in [0.2, 0.25) is 0 Å². The summed E-state index contributed by atoms with van der Waals surface area (Å²) in [5.41, 5.74) is 2.33. The van der Waals surface area contributed by atoms with E-state index in [1.165, 1.54) is 0 Å². The van der Waals surface area contributed by atoms with Crippen LogP contribution in [0.2, 0.25) is 0 Å². The van der Waals surface area contributed by atoms with Crippen molar-refractivity contribution in [1.29, 1.82) is 0 Å². The number of nitrogens with one attached hydrogen (secondary N) is 2. The molecule has 1 rings (SSSR count). The topological polar surface area (TPSA) is 37.0 Å². The van der Waals surface area contributed by atoms with Crippen molar-refractivity contribution < 1.29 is 0 Å². The Morgan fingerprint density at radius 1 is 1.31 bits per heavy atom. The minimum Gasteiger partial charge on any atom is -0.383 e. The summed E-state index contributed by atoms with van der Waals surface area (Å²) in [5.74, 6) is 0. The summed E-state index contributed by atoms with van der Waals surface area (Å²) in [6, 6.07) is 4.55. The molecule has 1 aromatic heterocycles. The first-order valence-corrected chi connectivity index (χ1v) is 5.83. The van der Waals surface area contributed by atoms with Crippen LogP contribution in [0.4, 0.5) is 5.69 Å². The maximum absolute atomic E-state index is 4.35. The van der Waals surface area contributed by atoms with Gasteiger partial charge in [-0.1, -0.05) is 0 Å². The highest BCUT2D eigenvalue weighted by atomic mass is 15.0. The highest BCUT2D eigenvalue weighted by Gasteiger charge is 2.08. The lowest BCUT2D eigenvalue weighted by Gasteiger charge is -2.20. The molecule has 0 aromatic carbocycles. The monoisotopic (exact) mass is 221 g/mol. The fraction of sp³-hybridized carbons (Fsp3) is 0.615. The molecule has 16 heavy (non-hydrogen) atoms. The van der Waals surface area contributed by atoms with Crippen LogP contribution in [0.3, 0.4) is 0 Å². The van der Waals surface area contributed by atoms with Crippen LogP contribution in [0, 0.1) is 0 Å². The molecule has 0 unspecified atom stereocenters. The Balaban J connectivity index is 2.60. The first kappa shape index (κ1) is 13.0. The number of hydrogen-bond acceptors (Lipinski definition) is 3. The van der Waals surface area contributed by atoms with Gasteiger partial charge in [-0.2, -0.15) is 0 Å². The summed E-state index contributed by atoms with van der Waals surface area (Å²) in [5, 5.41) is 6.80. The van der Waals surface area contributed by atoms with Crippen molar-refractivity contribution in [3.05, 3.63) is 24.0 Å². The minimum absolute atomic E-state index is 0.128. The van der Waals surface area contributed by atoms with E-state index in [1.54, 1.807) is 0 Å². The van der Waals surface area contributed by atoms with Crippen LogP contribution in [-0.2, 0) is 6.54 Å². The zero-order chi connectivity index (χ0) is 12.2. The van der Waals surface area contributed by atoms with Crippen LogP contribution < -0.4 is 10.6 Å². The molecule has 1 heterocycles. The number of pyridine rings is 1. The van der Waals surface area contributed by atoms with Crippen molar-refractivity contribution in [3.63, 3.8) is 0 Å². The zero-order valence-corrected chi connectivity index (χ0v) is 11.0. The molecule has 0 bridgehead atoms. The third-order valence-corrected chi connectivity index (χ3v) is 2.07. The standard InChI is InChI=1S/C13H23N3/c1-10(2)16-11-6-7-14-12(8-11)9-15-13(3,4)5/h6-8,10,15H,9H2,1-5H3,(H,14,16). The average Bonchev–Trinajstić information content (AvgIpc) is 2.13. The highest BCUT2D eigenvalue weighted by molar-refractivity contribution is 5.43. The van der Waals surface area contributed by atoms with Gasteiger partial charge in [-0.3, -0.25) is 4.98 Å². The molecule has 3 heteroatoms. The lowest BCUT2D eigenvalue weighted by Crippen LogP contribution is -2.35. The van der Waals surface area contributed by atoms with E-state index in [9.17, 15) is 0 Å². The van der Waals surface area contributed by atoms with Crippen LogP contribution in [0.25, 0.3) is 0 Å². The largest absolute Gasteiger partial charge is 0.383 e. The SMILES string of the molecule is CC(C)Nc1ccnc(CNC(C)(C)C)c1. The van der Waals surface area contributed by atoms with Gasteiger partial charge in [-0.15, -0.1) is 0 Å². The Hall–Kier alpha value is -1.09. The second kappa shape index (κ2) is 5.30. The van der Waals surface area contributed by atoms with E-state index in [1.807, 2.05) is 12.3 Å². The number of anilines is 1. The lowest BCUT2D eigenvalue weighted by molar-refractivity contribution is 0.421. The molecule has 0 amide bonds. The lowest BCUT2D eigenvalue weighted by atomic mass is 10.1. The second-order valence-corrected chi connectivity index (χ2v) is 5.44. The normalized spacial score (nSPS) is 11.9. The molecule has 0 aliphatic carbocycles. The smallest absolute Gasteiger partial charge is 0.0562 e. The Labute approximate surface area is 98.7 Å². The Morgan fingerprint density at radius 3 is 2.56 bits per heavy atom. The van der Waals surface area contributed by atoms with Crippen molar-refractivity contribution in [2.75, 3.05) is 5.32 Å². The molecular weight excluding hydrogens is 198 g/mol. The predicted molar refractivity (Wildman–Crippen MR) is 69.6 cm³/mol. The average molecular weight is 221 g/mol. The maximum atomic E-state index is 4.35. The van der Waals surface area contributed by atoms with Crippen LogP contribution in [-0.4, -0.2) is 16.6 Å². The van der Waals surface area contributed by atoms with Crippen LogP contribution in [0.15, 0.2) is 18.3 Å². The summed E-state index contributed by atoms with van der Waals surface area (Å²) in [7, 11) is 0. The zero-order valence-electron chi connectivity index (χ0n) is 11.0. The summed E-state index contributed by atoms with van der Waals surface area (Å²) >= 11 is 0. The summed E-state index contributed by atoms with van der Waals surface area (Å²) < 4.78 is 0. The summed E-state index contributed by atoms with van der Waals surface area (Å²) in [6.07, 6.45) is 1.85. The van der Waals surface area contributed by atoms with E-state index in [4.69, 9.17) is 0 Å². The number of nitrogens with zero attached hydrogens (tertiary/aromatic N) is 1. The van der Waals surface area contributed by atoms with Crippen molar-refractivity contribution >= 4 is 5.69 Å². The van der Waals surface area contributed by atoms with E-state index >= 15 is 0 Å².